The van der Waals surface area contributed by atoms with Crippen molar-refractivity contribution in [3.05, 3.63) is 34.9 Å². The summed E-state index contributed by atoms with van der Waals surface area (Å²) in [6.45, 7) is 4.63. The highest BCUT2D eigenvalue weighted by atomic mass is 35.5. The number of hydrogen-bond donors (Lipinski definition) is 2. The van der Waals surface area contributed by atoms with Crippen LogP contribution < -0.4 is 5.32 Å². The maximum atomic E-state index is 12.5. The van der Waals surface area contributed by atoms with Gasteiger partial charge in [0.25, 0.3) is 5.91 Å². The lowest BCUT2D eigenvalue weighted by molar-refractivity contribution is -0.133. The molecule has 0 aliphatic carbocycles. The predicted octanol–water partition coefficient (Wildman–Crippen LogP) is 1.69. The summed E-state index contributed by atoms with van der Waals surface area (Å²) in [5.41, 5.74) is 0.462. The number of carbonyl (C=O) groups excluding carboxylic acids is 2. The van der Waals surface area contributed by atoms with E-state index in [-0.39, 0.29) is 17.7 Å². The van der Waals surface area contributed by atoms with Crippen molar-refractivity contribution >= 4 is 23.4 Å². The van der Waals surface area contributed by atoms with Crippen LogP contribution in [0.15, 0.2) is 24.3 Å². The Morgan fingerprint density at radius 1 is 1.32 bits per heavy atom. The predicted molar refractivity (Wildman–Crippen MR) is 84.7 cm³/mol. The molecule has 1 fully saturated rings. The number of rotatable bonds is 4. The second kappa shape index (κ2) is 7.11. The van der Waals surface area contributed by atoms with Crippen LogP contribution in [0.5, 0.6) is 0 Å². The smallest absolute Gasteiger partial charge is 0.251 e. The zero-order valence-electron chi connectivity index (χ0n) is 12.8. The van der Waals surface area contributed by atoms with Gasteiger partial charge in [0.1, 0.15) is 6.04 Å². The number of carbonyl (C=O) groups is 2. The number of hydrogen-bond acceptors (Lipinski definition) is 3. The number of nitrogens with one attached hydrogen (secondary N) is 1. The topological polar surface area (TPSA) is 69.6 Å². The van der Waals surface area contributed by atoms with Gasteiger partial charge in [-0.1, -0.05) is 25.4 Å². The normalized spacial score (nSPS) is 19.3. The minimum absolute atomic E-state index is 0.0403. The molecule has 22 heavy (non-hydrogen) atoms. The highest BCUT2D eigenvalue weighted by Gasteiger charge is 2.32. The van der Waals surface area contributed by atoms with Crippen LogP contribution in [0.1, 0.15) is 30.6 Å². The fourth-order valence-electron chi connectivity index (χ4n) is 2.48. The van der Waals surface area contributed by atoms with Crippen LogP contribution in [0.2, 0.25) is 5.02 Å². The number of aliphatic hydroxyl groups excluding tert-OH is 1. The van der Waals surface area contributed by atoms with Gasteiger partial charge in [-0.15, -0.1) is 0 Å². The Balaban J connectivity index is 2.06. The maximum absolute atomic E-state index is 12.5. The molecule has 0 bridgehead atoms. The average molecular weight is 325 g/mol. The van der Waals surface area contributed by atoms with Crippen LogP contribution in [-0.2, 0) is 4.79 Å². The van der Waals surface area contributed by atoms with Gasteiger partial charge in [-0.25, -0.2) is 0 Å². The van der Waals surface area contributed by atoms with E-state index in [2.05, 4.69) is 5.32 Å². The zero-order chi connectivity index (χ0) is 16.3. The van der Waals surface area contributed by atoms with Crippen molar-refractivity contribution in [1.82, 2.24) is 10.2 Å². The monoisotopic (exact) mass is 324 g/mol. The standard InChI is InChI=1S/C16H21ClN2O3/c1-10(2)14(16(22)19-8-7-13(20)9-19)18-15(21)11-3-5-12(17)6-4-11/h3-6,10,13-14,20H,7-9H2,1-2H3,(H,18,21)/t13-,14?/m1/s1. The summed E-state index contributed by atoms with van der Waals surface area (Å²) in [5.74, 6) is -0.487. The minimum Gasteiger partial charge on any atom is -0.391 e. The largest absolute Gasteiger partial charge is 0.391 e. The van der Waals surface area contributed by atoms with Crippen LogP contribution in [0.4, 0.5) is 0 Å². The Bertz CT molecular complexity index is 545. The average Bonchev–Trinajstić information content (AvgIpc) is 2.91. The summed E-state index contributed by atoms with van der Waals surface area (Å²) in [5, 5.41) is 12.9. The van der Waals surface area contributed by atoms with E-state index in [9.17, 15) is 14.7 Å². The third kappa shape index (κ3) is 3.99. The highest BCUT2D eigenvalue weighted by Crippen LogP contribution is 2.15. The molecule has 2 rings (SSSR count). The molecular weight excluding hydrogens is 304 g/mol. The highest BCUT2D eigenvalue weighted by molar-refractivity contribution is 6.30. The molecule has 1 aliphatic rings. The number of aliphatic hydroxyl groups is 1. The fourth-order valence-corrected chi connectivity index (χ4v) is 2.60. The minimum atomic E-state index is -0.603. The van der Waals surface area contributed by atoms with Crippen molar-refractivity contribution in [3.63, 3.8) is 0 Å². The summed E-state index contributed by atoms with van der Waals surface area (Å²) in [7, 11) is 0. The Labute approximate surface area is 135 Å². The van der Waals surface area contributed by atoms with E-state index in [0.717, 1.165) is 0 Å². The molecule has 0 radical (unpaired) electrons. The molecule has 1 heterocycles. The molecule has 1 aromatic carbocycles. The Hall–Kier alpha value is -1.59. The first-order valence-corrected chi connectivity index (χ1v) is 7.79. The zero-order valence-corrected chi connectivity index (χ0v) is 13.5. The van der Waals surface area contributed by atoms with Gasteiger partial charge in [-0.2, -0.15) is 0 Å². The first-order valence-electron chi connectivity index (χ1n) is 7.41. The van der Waals surface area contributed by atoms with E-state index in [1.807, 2.05) is 13.8 Å². The van der Waals surface area contributed by atoms with Gasteiger partial charge in [-0.05, 0) is 36.6 Å². The van der Waals surface area contributed by atoms with E-state index >= 15 is 0 Å². The molecule has 1 saturated heterocycles. The lowest BCUT2D eigenvalue weighted by atomic mass is 10.0. The van der Waals surface area contributed by atoms with Crippen molar-refractivity contribution in [3.8, 4) is 0 Å². The molecule has 2 atom stereocenters. The quantitative estimate of drug-likeness (QED) is 0.885. The molecule has 6 heteroatoms. The van der Waals surface area contributed by atoms with Gasteiger partial charge in [0.15, 0.2) is 0 Å². The molecule has 2 N–H and O–H groups in total. The maximum Gasteiger partial charge on any atom is 0.251 e. The van der Waals surface area contributed by atoms with Gasteiger partial charge >= 0.3 is 0 Å². The summed E-state index contributed by atoms with van der Waals surface area (Å²) in [6.07, 6.45) is 0.116. The lowest BCUT2D eigenvalue weighted by Crippen LogP contribution is -2.50. The fraction of sp³-hybridized carbons (Fsp3) is 0.500. The van der Waals surface area contributed by atoms with E-state index < -0.39 is 12.1 Å². The Kier molecular flexibility index (Phi) is 5.42. The summed E-state index contributed by atoms with van der Waals surface area (Å²) in [4.78, 5) is 26.4. The third-order valence-corrected chi connectivity index (χ3v) is 4.05. The Morgan fingerprint density at radius 3 is 2.45 bits per heavy atom. The second-order valence-corrected chi connectivity index (χ2v) is 6.37. The van der Waals surface area contributed by atoms with Crippen molar-refractivity contribution in [2.75, 3.05) is 13.1 Å². The van der Waals surface area contributed by atoms with E-state index in [1.165, 1.54) is 0 Å². The number of likely N-dealkylation sites (tertiary alicyclic amines) is 1. The molecular formula is C16H21ClN2O3. The van der Waals surface area contributed by atoms with Crippen molar-refractivity contribution in [1.29, 1.82) is 0 Å². The SMILES string of the molecule is CC(C)C(NC(=O)c1ccc(Cl)cc1)C(=O)N1CC[C@@H](O)C1. The van der Waals surface area contributed by atoms with Gasteiger partial charge in [0.2, 0.25) is 5.91 Å². The first kappa shape index (κ1) is 16.8. The van der Waals surface area contributed by atoms with Gasteiger partial charge in [0, 0.05) is 23.7 Å². The molecule has 1 aliphatic heterocycles. The van der Waals surface area contributed by atoms with Crippen LogP contribution in [0.25, 0.3) is 0 Å². The number of β-amino-alcohol motifs (C(OH)–C–C–N with tert-alkyl or cyclic N) is 1. The van der Waals surface area contributed by atoms with Gasteiger partial charge < -0.3 is 15.3 Å². The number of halogens is 1. The molecule has 0 saturated carbocycles. The molecule has 120 valence electrons. The van der Waals surface area contributed by atoms with Crippen LogP contribution in [-0.4, -0.2) is 47.1 Å². The van der Waals surface area contributed by atoms with E-state index in [1.54, 1.807) is 29.2 Å². The van der Waals surface area contributed by atoms with Crippen LogP contribution >= 0.6 is 11.6 Å². The molecule has 1 unspecified atom stereocenters. The second-order valence-electron chi connectivity index (χ2n) is 5.93. The molecule has 1 aromatic rings. The van der Waals surface area contributed by atoms with Gasteiger partial charge in [0.05, 0.1) is 6.10 Å². The summed E-state index contributed by atoms with van der Waals surface area (Å²) < 4.78 is 0. The van der Waals surface area contributed by atoms with Gasteiger partial charge in [-0.3, -0.25) is 9.59 Å². The first-order chi connectivity index (χ1) is 10.4. The van der Waals surface area contributed by atoms with Crippen molar-refractivity contribution < 1.29 is 14.7 Å². The van der Waals surface area contributed by atoms with E-state index in [0.29, 0.717) is 30.1 Å². The van der Waals surface area contributed by atoms with Crippen LogP contribution in [0, 0.1) is 5.92 Å². The lowest BCUT2D eigenvalue weighted by Gasteiger charge is -2.26. The molecule has 0 aromatic heterocycles. The van der Waals surface area contributed by atoms with Crippen molar-refractivity contribution in [2.24, 2.45) is 5.92 Å². The molecule has 2 amide bonds. The van der Waals surface area contributed by atoms with E-state index in [4.69, 9.17) is 11.6 Å². The summed E-state index contributed by atoms with van der Waals surface area (Å²) >= 11 is 5.81. The Morgan fingerprint density at radius 2 is 1.95 bits per heavy atom. The third-order valence-electron chi connectivity index (χ3n) is 3.80. The van der Waals surface area contributed by atoms with Crippen LogP contribution in [0.3, 0.4) is 0 Å². The summed E-state index contributed by atoms with van der Waals surface area (Å²) in [6, 6.07) is 5.92. The van der Waals surface area contributed by atoms with Crippen molar-refractivity contribution in [2.45, 2.75) is 32.4 Å². The number of benzene rings is 1. The number of nitrogens with zero attached hydrogens (tertiary/aromatic N) is 1. The number of amides is 2. The molecule has 0 spiro atoms. The molecule has 5 nitrogen and oxygen atoms in total.